The van der Waals surface area contributed by atoms with E-state index in [9.17, 15) is 0 Å². The van der Waals surface area contributed by atoms with Gasteiger partial charge in [0.1, 0.15) is 0 Å². The summed E-state index contributed by atoms with van der Waals surface area (Å²) in [4.78, 5) is 0. The Labute approximate surface area is 166 Å². The van der Waals surface area contributed by atoms with E-state index in [2.05, 4.69) is 105 Å². The van der Waals surface area contributed by atoms with Crippen LogP contribution in [0.4, 0.5) is 0 Å². The highest BCUT2D eigenvalue weighted by atomic mass is 79.9. The summed E-state index contributed by atoms with van der Waals surface area (Å²) < 4.78 is 0. The number of benzene rings is 2. The van der Waals surface area contributed by atoms with Gasteiger partial charge in [-0.05, 0) is 36.7 Å². The van der Waals surface area contributed by atoms with E-state index in [0.29, 0.717) is 0 Å². The van der Waals surface area contributed by atoms with E-state index in [4.69, 9.17) is 0 Å². The van der Waals surface area contributed by atoms with E-state index in [1.807, 2.05) is 0 Å². The first-order chi connectivity index (χ1) is 11.7. The van der Waals surface area contributed by atoms with Crippen LogP contribution in [0.25, 0.3) is 0 Å². The topological polar surface area (TPSA) is 0 Å². The Bertz CT molecular complexity index is 470. The summed E-state index contributed by atoms with van der Waals surface area (Å²) in [5.41, 5.74) is 2.91. The Morgan fingerprint density at radius 1 is 0.625 bits per heavy atom. The molecule has 0 N–H and O–H groups in total. The van der Waals surface area contributed by atoms with Crippen molar-refractivity contribution in [3.8, 4) is 0 Å². The molecular weight excluding hydrogens is 462 g/mol. The summed E-state index contributed by atoms with van der Waals surface area (Å²) in [6.07, 6.45) is 7.63. The lowest BCUT2D eigenvalue weighted by Crippen LogP contribution is -1.82. The molecule has 24 heavy (non-hydrogen) atoms. The van der Waals surface area contributed by atoms with Gasteiger partial charge in [0.2, 0.25) is 0 Å². The minimum atomic E-state index is 0.0556. The first-order valence-corrected chi connectivity index (χ1v) is 16.0. The molecule has 0 aliphatic rings. The van der Waals surface area contributed by atoms with Crippen molar-refractivity contribution in [2.24, 2.45) is 0 Å². The van der Waals surface area contributed by atoms with Crippen LogP contribution in [0.3, 0.4) is 0 Å². The zero-order chi connectivity index (χ0) is 17.6. The number of halogens is 2. The molecule has 132 valence electrons. The SMILES string of the molecule is CCCP(Br)Cc1ccccc1.CCCP(Br)Cc1ccccc1. The third kappa shape index (κ3) is 11.0. The zero-order valence-corrected chi connectivity index (χ0v) is 19.6. The standard InChI is InChI=1S/2C10H14BrP/c2*1-2-8-12(11)9-10-6-4-3-5-7-10/h2*3-7H,2,8-9H2,1H3. The lowest BCUT2D eigenvalue weighted by molar-refractivity contribution is 1.10. The average Bonchev–Trinajstić information content (AvgIpc) is 2.58. The summed E-state index contributed by atoms with van der Waals surface area (Å²) in [5, 5.41) is 0. The fraction of sp³-hybridized carbons (Fsp3) is 0.400. The molecule has 0 aromatic heterocycles. The normalized spacial score (nSPS) is 12.8. The molecule has 2 aromatic carbocycles. The van der Waals surface area contributed by atoms with Gasteiger partial charge in [0.05, 0.1) is 0 Å². The lowest BCUT2D eigenvalue weighted by Gasteiger charge is -2.07. The van der Waals surface area contributed by atoms with Crippen LogP contribution in [0.5, 0.6) is 0 Å². The molecule has 4 heteroatoms. The third-order valence-corrected chi connectivity index (χ3v) is 10.2. The minimum Gasteiger partial charge on any atom is -0.0650 e. The molecule has 0 aliphatic heterocycles. The van der Waals surface area contributed by atoms with Gasteiger partial charge in [0, 0.05) is 12.3 Å². The number of hydrogen-bond acceptors (Lipinski definition) is 0. The Hall–Kier alpha value is 0.260. The summed E-state index contributed by atoms with van der Waals surface area (Å²) in [6.45, 7) is 4.59. The quantitative estimate of drug-likeness (QED) is 0.325. The zero-order valence-electron chi connectivity index (χ0n) is 14.7. The first-order valence-electron chi connectivity index (χ1n) is 8.55. The van der Waals surface area contributed by atoms with Crippen molar-refractivity contribution in [1.82, 2.24) is 0 Å². The molecule has 0 fully saturated rings. The van der Waals surface area contributed by atoms with Gasteiger partial charge < -0.3 is 0 Å². The second-order valence-electron chi connectivity index (χ2n) is 5.66. The molecule has 2 aromatic rings. The van der Waals surface area contributed by atoms with Crippen molar-refractivity contribution >= 4 is 44.2 Å². The smallest absolute Gasteiger partial charge is 0.00254 e. The van der Waals surface area contributed by atoms with E-state index in [-0.39, 0.29) is 13.2 Å². The molecule has 0 spiro atoms. The van der Waals surface area contributed by atoms with Crippen LogP contribution < -0.4 is 0 Å². The van der Waals surface area contributed by atoms with Crippen LogP contribution in [-0.4, -0.2) is 12.3 Å². The molecule has 0 aliphatic carbocycles. The van der Waals surface area contributed by atoms with E-state index in [1.165, 1.54) is 48.6 Å². The van der Waals surface area contributed by atoms with Crippen LogP contribution in [0.2, 0.25) is 0 Å². The van der Waals surface area contributed by atoms with Gasteiger partial charge in [-0.2, -0.15) is 0 Å². The molecule has 0 saturated carbocycles. The monoisotopic (exact) mass is 488 g/mol. The molecule has 2 atom stereocenters. The maximum absolute atomic E-state index is 3.74. The van der Waals surface area contributed by atoms with Crippen LogP contribution in [0.1, 0.15) is 37.8 Å². The Morgan fingerprint density at radius 2 is 0.958 bits per heavy atom. The third-order valence-electron chi connectivity index (χ3n) is 3.33. The predicted octanol–water partition coefficient (Wildman–Crippen LogP) is 8.78. The predicted molar refractivity (Wildman–Crippen MR) is 122 cm³/mol. The number of rotatable bonds is 8. The molecule has 2 unspecified atom stereocenters. The molecule has 0 amide bonds. The van der Waals surface area contributed by atoms with Gasteiger partial charge in [-0.3, -0.25) is 0 Å². The van der Waals surface area contributed by atoms with E-state index in [1.54, 1.807) is 0 Å². The van der Waals surface area contributed by atoms with Crippen molar-refractivity contribution in [2.45, 2.75) is 39.0 Å². The first kappa shape index (κ1) is 22.3. The van der Waals surface area contributed by atoms with Crippen molar-refractivity contribution < 1.29 is 0 Å². The van der Waals surface area contributed by atoms with Gasteiger partial charge >= 0.3 is 0 Å². The summed E-state index contributed by atoms with van der Waals surface area (Å²) >= 11 is 7.48. The van der Waals surface area contributed by atoms with Crippen LogP contribution in [0.15, 0.2) is 60.7 Å². The van der Waals surface area contributed by atoms with Gasteiger partial charge in [-0.25, -0.2) is 0 Å². The maximum atomic E-state index is 3.74. The van der Waals surface area contributed by atoms with Gasteiger partial charge in [-0.1, -0.05) is 118 Å². The van der Waals surface area contributed by atoms with Crippen molar-refractivity contribution in [1.29, 1.82) is 0 Å². The van der Waals surface area contributed by atoms with Gasteiger partial charge in [0.15, 0.2) is 0 Å². The van der Waals surface area contributed by atoms with Crippen LogP contribution in [-0.2, 0) is 12.3 Å². The summed E-state index contributed by atoms with van der Waals surface area (Å²) in [6, 6.07) is 21.4. The largest absolute Gasteiger partial charge is 0.0650 e. The molecular formula is C20H28Br2P2. The van der Waals surface area contributed by atoms with Crippen LogP contribution >= 0.6 is 44.2 Å². The van der Waals surface area contributed by atoms with E-state index < -0.39 is 0 Å². The minimum absolute atomic E-state index is 0.0556. The Balaban J connectivity index is 0.000000240. The Morgan fingerprint density at radius 3 is 1.25 bits per heavy atom. The van der Waals surface area contributed by atoms with Gasteiger partial charge in [-0.15, -0.1) is 0 Å². The molecule has 0 heterocycles. The number of hydrogen-bond donors (Lipinski definition) is 0. The molecule has 0 radical (unpaired) electrons. The second kappa shape index (κ2) is 14.4. The summed E-state index contributed by atoms with van der Waals surface area (Å²) in [5.74, 6) is 0. The molecule has 0 saturated heterocycles. The van der Waals surface area contributed by atoms with Crippen LogP contribution in [0, 0.1) is 0 Å². The second-order valence-corrected chi connectivity index (χ2v) is 15.1. The van der Waals surface area contributed by atoms with Crippen molar-refractivity contribution in [3.05, 3.63) is 71.8 Å². The highest BCUT2D eigenvalue weighted by Gasteiger charge is 2.02. The highest BCUT2D eigenvalue weighted by molar-refractivity contribution is 9.39. The van der Waals surface area contributed by atoms with E-state index >= 15 is 0 Å². The maximum Gasteiger partial charge on any atom is 0.00254 e. The molecule has 0 nitrogen and oxygen atoms in total. The van der Waals surface area contributed by atoms with Gasteiger partial charge in [0.25, 0.3) is 0 Å². The highest BCUT2D eigenvalue weighted by Crippen LogP contribution is 2.48. The molecule has 2 rings (SSSR count). The Kier molecular flexibility index (Phi) is 13.4. The van der Waals surface area contributed by atoms with Crippen molar-refractivity contribution in [3.63, 3.8) is 0 Å². The molecule has 0 bridgehead atoms. The summed E-state index contributed by atoms with van der Waals surface area (Å²) in [7, 11) is 0. The van der Waals surface area contributed by atoms with E-state index in [0.717, 1.165) is 0 Å². The fourth-order valence-corrected chi connectivity index (χ4v) is 8.57. The van der Waals surface area contributed by atoms with Crippen molar-refractivity contribution in [2.75, 3.05) is 12.3 Å². The lowest BCUT2D eigenvalue weighted by atomic mass is 10.2. The average molecular weight is 490 g/mol. The fourth-order valence-electron chi connectivity index (χ4n) is 2.21.